The number of ether oxygens (including phenoxy) is 2. The zero-order chi connectivity index (χ0) is 15.5. The van der Waals surface area contributed by atoms with Gasteiger partial charge in [0.1, 0.15) is 0 Å². The van der Waals surface area contributed by atoms with Crippen LogP contribution in [-0.2, 0) is 6.54 Å². The van der Waals surface area contributed by atoms with Gasteiger partial charge in [0.15, 0.2) is 11.5 Å². The Hall–Kier alpha value is -1.22. The van der Waals surface area contributed by atoms with E-state index in [9.17, 15) is 0 Å². The summed E-state index contributed by atoms with van der Waals surface area (Å²) in [6, 6.07) is 6.14. The number of hydrogen-bond donors (Lipinski definition) is 1. The van der Waals surface area contributed by atoms with Crippen LogP contribution in [0.15, 0.2) is 18.2 Å². The van der Waals surface area contributed by atoms with E-state index in [4.69, 9.17) is 9.47 Å². The summed E-state index contributed by atoms with van der Waals surface area (Å²) < 4.78 is 11.7. The standard InChI is InChI=1S/C18H31NO2/c1-5-7-8-12-21-18-16(14-19-13-15(3)4)10-9-11-17(18)20-6-2/h9-11,15,19H,5-8,12-14H2,1-4H3. The normalized spacial score (nSPS) is 10.9. The summed E-state index contributed by atoms with van der Waals surface area (Å²) in [5, 5.41) is 3.48. The van der Waals surface area contributed by atoms with E-state index in [0.29, 0.717) is 12.5 Å². The lowest BCUT2D eigenvalue weighted by atomic mass is 10.1. The molecular weight excluding hydrogens is 262 g/mol. The van der Waals surface area contributed by atoms with Crippen LogP contribution in [0.3, 0.4) is 0 Å². The van der Waals surface area contributed by atoms with E-state index in [1.807, 2.05) is 19.1 Å². The predicted octanol–water partition coefficient (Wildman–Crippen LogP) is 4.40. The van der Waals surface area contributed by atoms with Gasteiger partial charge in [-0.1, -0.05) is 45.7 Å². The van der Waals surface area contributed by atoms with Gasteiger partial charge in [-0.3, -0.25) is 0 Å². The highest BCUT2D eigenvalue weighted by Gasteiger charge is 2.11. The van der Waals surface area contributed by atoms with Gasteiger partial charge in [0.25, 0.3) is 0 Å². The van der Waals surface area contributed by atoms with Gasteiger partial charge in [0, 0.05) is 12.1 Å². The second-order valence-electron chi connectivity index (χ2n) is 5.76. The molecule has 0 unspecified atom stereocenters. The molecule has 1 aromatic rings. The van der Waals surface area contributed by atoms with E-state index in [2.05, 4.69) is 32.2 Å². The van der Waals surface area contributed by atoms with Crippen molar-refractivity contribution in [2.45, 2.75) is 53.5 Å². The predicted molar refractivity (Wildman–Crippen MR) is 89.2 cm³/mol. The monoisotopic (exact) mass is 293 g/mol. The maximum atomic E-state index is 6.02. The molecule has 0 saturated heterocycles. The molecule has 0 bridgehead atoms. The van der Waals surface area contributed by atoms with Crippen LogP contribution in [0.2, 0.25) is 0 Å². The topological polar surface area (TPSA) is 30.5 Å². The molecule has 0 aliphatic carbocycles. The molecule has 3 nitrogen and oxygen atoms in total. The van der Waals surface area contributed by atoms with Gasteiger partial charge in [-0.05, 0) is 31.9 Å². The Bertz CT molecular complexity index is 391. The molecule has 0 aliphatic rings. The summed E-state index contributed by atoms with van der Waals surface area (Å²) >= 11 is 0. The Labute approximate surface area is 130 Å². The van der Waals surface area contributed by atoms with Crippen LogP contribution in [0.25, 0.3) is 0 Å². The van der Waals surface area contributed by atoms with Crippen molar-refractivity contribution in [3.8, 4) is 11.5 Å². The Morgan fingerprint density at radius 2 is 1.90 bits per heavy atom. The summed E-state index contributed by atoms with van der Waals surface area (Å²) in [6.45, 7) is 11.9. The molecule has 0 fully saturated rings. The average Bonchev–Trinajstić information content (AvgIpc) is 2.45. The van der Waals surface area contributed by atoms with Crippen LogP contribution in [0.4, 0.5) is 0 Å². The number of rotatable bonds is 11. The van der Waals surface area contributed by atoms with Crippen LogP contribution in [-0.4, -0.2) is 19.8 Å². The van der Waals surface area contributed by atoms with E-state index in [0.717, 1.165) is 37.6 Å². The zero-order valence-corrected chi connectivity index (χ0v) is 14.1. The fraction of sp³-hybridized carbons (Fsp3) is 0.667. The van der Waals surface area contributed by atoms with Crippen LogP contribution >= 0.6 is 0 Å². The highest BCUT2D eigenvalue weighted by molar-refractivity contribution is 5.46. The van der Waals surface area contributed by atoms with Crippen LogP contribution in [0.1, 0.15) is 52.5 Å². The molecule has 0 heterocycles. The third kappa shape index (κ3) is 6.85. The number of unbranched alkanes of at least 4 members (excludes halogenated alkanes) is 2. The molecule has 1 N–H and O–H groups in total. The summed E-state index contributed by atoms with van der Waals surface area (Å²) in [4.78, 5) is 0. The van der Waals surface area contributed by atoms with Crippen molar-refractivity contribution in [2.24, 2.45) is 5.92 Å². The Kier molecular flexibility index (Phi) is 8.91. The second kappa shape index (κ2) is 10.5. The molecule has 21 heavy (non-hydrogen) atoms. The second-order valence-corrected chi connectivity index (χ2v) is 5.76. The molecular formula is C18H31NO2. The molecule has 0 saturated carbocycles. The van der Waals surface area contributed by atoms with Crippen LogP contribution in [0, 0.1) is 5.92 Å². The minimum Gasteiger partial charge on any atom is -0.490 e. The lowest BCUT2D eigenvalue weighted by Crippen LogP contribution is -2.19. The molecule has 1 aromatic carbocycles. The highest BCUT2D eigenvalue weighted by Crippen LogP contribution is 2.31. The molecule has 1 rings (SSSR count). The molecule has 0 radical (unpaired) electrons. The Balaban J connectivity index is 2.71. The first-order chi connectivity index (χ1) is 10.2. The van der Waals surface area contributed by atoms with Gasteiger partial charge in [-0.2, -0.15) is 0 Å². The summed E-state index contributed by atoms with van der Waals surface area (Å²) in [6.07, 6.45) is 3.51. The van der Waals surface area contributed by atoms with E-state index < -0.39 is 0 Å². The Morgan fingerprint density at radius 3 is 2.57 bits per heavy atom. The van der Waals surface area contributed by atoms with Gasteiger partial charge in [-0.15, -0.1) is 0 Å². The van der Waals surface area contributed by atoms with Crippen molar-refractivity contribution in [3.05, 3.63) is 23.8 Å². The van der Waals surface area contributed by atoms with Gasteiger partial charge < -0.3 is 14.8 Å². The molecule has 0 atom stereocenters. The van der Waals surface area contributed by atoms with E-state index in [-0.39, 0.29) is 0 Å². The third-order valence-electron chi connectivity index (χ3n) is 3.22. The van der Waals surface area contributed by atoms with Gasteiger partial charge >= 0.3 is 0 Å². The van der Waals surface area contributed by atoms with Crippen LogP contribution < -0.4 is 14.8 Å². The third-order valence-corrected chi connectivity index (χ3v) is 3.22. The maximum Gasteiger partial charge on any atom is 0.165 e. The molecule has 3 heteroatoms. The van der Waals surface area contributed by atoms with Crippen molar-refractivity contribution in [1.29, 1.82) is 0 Å². The lowest BCUT2D eigenvalue weighted by Gasteiger charge is -2.17. The summed E-state index contributed by atoms with van der Waals surface area (Å²) in [5.41, 5.74) is 1.18. The Morgan fingerprint density at radius 1 is 1.10 bits per heavy atom. The van der Waals surface area contributed by atoms with E-state index in [1.165, 1.54) is 18.4 Å². The van der Waals surface area contributed by atoms with Crippen LogP contribution in [0.5, 0.6) is 11.5 Å². The van der Waals surface area contributed by atoms with Crippen molar-refractivity contribution in [2.75, 3.05) is 19.8 Å². The number of nitrogens with one attached hydrogen (secondary N) is 1. The van der Waals surface area contributed by atoms with E-state index >= 15 is 0 Å². The fourth-order valence-electron chi connectivity index (χ4n) is 2.16. The average molecular weight is 293 g/mol. The van der Waals surface area contributed by atoms with Crippen molar-refractivity contribution < 1.29 is 9.47 Å². The molecule has 0 amide bonds. The number of para-hydroxylation sites is 1. The fourth-order valence-corrected chi connectivity index (χ4v) is 2.16. The maximum absolute atomic E-state index is 6.02. The lowest BCUT2D eigenvalue weighted by molar-refractivity contribution is 0.268. The first-order valence-corrected chi connectivity index (χ1v) is 8.27. The number of benzene rings is 1. The van der Waals surface area contributed by atoms with Crippen molar-refractivity contribution >= 4 is 0 Å². The van der Waals surface area contributed by atoms with E-state index in [1.54, 1.807) is 0 Å². The highest BCUT2D eigenvalue weighted by atomic mass is 16.5. The SMILES string of the molecule is CCCCCOc1c(CNCC(C)C)cccc1OCC. The molecule has 0 aromatic heterocycles. The largest absolute Gasteiger partial charge is 0.490 e. The van der Waals surface area contributed by atoms with Gasteiger partial charge in [0.05, 0.1) is 13.2 Å². The molecule has 120 valence electrons. The van der Waals surface area contributed by atoms with Crippen molar-refractivity contribution in [3.63, 3.8) is 0 Å². The minimum absolute atomic E-state index is 0.647. The quantitative estimate of drug-likeness (QED) is 0.613. The first kappa shape index (κ1) is 17.8. The number of hydrogen-bond acceptors (Lipinski definition) is 3. The minimum atomic E-state index is 0.647. The zero-order valence-electron chi connectivity index (χ0n) is 14.1. The van der Waals surface area contributed by atoms with Gasteiger partial charge in [-0.25, -0.2) is 0 Å². The summed E-state index contributed by atoms with van der Waals surface area (Å²) in [5.74, 6) is 2.42. The summed E-state index contributed by atoms with van der Waals surface area (Å²) in [7, 11) is 0. The smallest absolute Gasteiger partial charge is 0.165 e. The molecule has 0 aliphatic heterocycles. The first-order valence-electron chi connectivity index (χ1n) is 8.27. The molecule has 0 spiro atoms. The van der Waals surface area contributed by atoms with Crippen molar-refractivity contribution in [1.82, 2.24) is 5.32 Å². The van der Waals surface area contributed by atoms with Gasteiger partial charge in [0.2, 0.25) is 0 Å².